The Morgan fingerprint density at radius 2 is 1.68 bits per heavy atom. The van der Waals surface area contributed by atoms with Gasteiger partial charge in [0.05, 0.1) is 0 Å². The molecule has 0 unspecified atom stereocenters. The van der Waals surface area contributed by atoms with E-state index in [9.17, 15) is 0 Å². The van der Waals surface area contributed by atoms with Crippen molar-refractivity contribution in [1.82, 2.24) is 5.32 Å². The van der Waals surface area contributed by atoms with Gasteiger partial charge >= 0.3 is 0 Å². The van der Waals surface area contributed by atoms with Gasteiger partial charge in [0.1, 0.15) is 0 Å². The van der Waals surface area contributed by atoms with Crippen molar-refractivity contribution in [2.24, 2.45) is 5.73 Å². The zero-order valence-corrected chi connectivity index (χ0v) is 12.5. The predicted molar refractivity (Wildman–Crippen MR) is 83.9 cm³/mol. The van der Waals surface area contributed by atoms with E-state index in [1.165, 1.54) is 16.7 Å². The third-order valence-corrected chi connectivity index (χ3v) is 3.53. The lowest BCUT2D eigenvalue weighted by Crippen LogP contribution is -2.16. The number of hydrogen-bond acceptors (Lipinski definition) is 2. The normalized spacial score (nSPS) is 10.6. The van der Waals surface area contributed by atoms with E-state index < -0.39 is 0 Å². The number of rotatable bonds is 6. The van der Waals surface area contributed by atoms with Crippen molar-refractivity contribution in [3.05, 3.63) is 69.7 Å². The second kappa shape index (κ2) is 7.43. The summed E-state index contributed by atoms with van der Waals surface area (Å²) in [5.74, 6) is 0. The highest BCUT2D eigenvalue weighted by molar-refractivity contribution is 9.10. The van der Waals surface area contributed by atoms with Gasteiger partial charge in [-0.1, -0.05) is 52.3 Å². The van der Waals surface area contributed by atoms with Crippen LogP contribution >= 0.6 is 15.9 Å². The molecule has 0 saturated heterocycles. The highest BCUT2D eigenvalue weighted by Gasteiger charge is 1.96. The molecule has 0 aromatic heterocycles. The Kier molecular flexibility index (Phi) is 5.58. The molecular weight excluding hydrogens is 300 g/mol. The molecule has 2 aromatic carbocycles. The zero-order valence-electron chi connectivity index (χ0n) is 10.9. The molecule has 0 bridgehead atoms. The molecule has 0 atom stereocenters. The summed E-state index contributed by atoms with van der Waals surface area (Å²) >= 11 is 3.49. The standard InChI is InChI=1S/C16H19BrN2/c17-16-6-2-3-13(10-16)7-8-19-12-15-5-1-4-14(9-15)11-18/h1-6,9-10,19H,7-8,11-12,18H2. The molecule has 0 radical (unpaired) electrons. The third-order valence-electron chi connectivity index (χ3n) is 3.04. The number of benzene rings is 2. The van der Waals surface area contributed by atoms with Crippen molar-refractivity contribution in [2.75, 3.05) is 6.54 Å². The van der Waals surface area contributed by atoms with Crippen LogP contribution < -0.4 is 11.1 Å². The molecule has 2 nitrogen and oxygen atoms in total. The van der Waals surface area contributed by atoms with E-state index in [1.807, 2.05) is 0 Å². The zero-order chi connectivity index (χ0) is 13.5. The van der Waals surface area contributed by atoms with Gasteiger partial charge in [-0.05, 0) is 41.8 Å². The minimum absolute atomic E-state index is 0.603. The number of halogens is 1. The van der Waals surface area contributed by atoms with Crippen LogP contribution in [0.1, 0.15) is 16.7 Å². The Balaban J connectivity index is 1.77. The Morgan fingerprint density at radius 1 is 0.947 bits per heavy atom. The molecule has 3 heteroatoms. The average molecular weight is 319 g/mol. The van der Waals surface area contributed by atoms with Crippen LogP contribution in [0, 0.1) is 0 Å². The van der Waals surface area contributed by atoms with Crippen molar-refractivity contribution >= 4 is 15.9 Å². The molecule has 0 spiro atoms. The SMILES string of the molecule is NCc1cccc(CNCCc2cccc(Br)c2)c1. The Bertz CT molecular complexity index is 526. The van der Waals surface area contributed by atoms with E-state index in [-0.39, 0.29) is 0 Å². The van der Waals surface area contributed by atoms with Crippen molar-refractivity contribution < 1.29 is 0 Å². The first-order chi connectivity index (χ1) is 9.28. The molecule has 0 heterocycles. The van der Waals surface area contributed by atoms with E-state index in [2.05, 4.69) is 69.8 Å². The van der Waals surface area contributed by atoms with Crippen molar-refractivity contribution in [1.29, 1.82) is 0 Å². The molecular formula is C16H19BrN2. The Hall–Kier alpha value is -1.16. The average Bonchev–Trinajstić information content (AvgIpc) is 2.44. The quantitative estimate of drug-likeness (QED) is 0.802. The minimum atomic E-state index is 0.603. The lowest BCUT2D eigenvalue weighted by molar-refractivity contribution is 0.686. The summed E-state index contributed by atoms with van der Waals surface area (Å²) < 4.78 is 1.14. The van der Waals surface area contributed by atoms with Crippen molar-refractivity contribution in [3.8, 4) is 0 Å². The smallest absolute Gasteiger partial charge is 0.0205 e. The summed E-state index contributed by atoms with van der Waals surface area (Å²) in [5.41, 5.74) is 9.46. The summed E-state index contributed by atoms with van der Waals surface area (Å²) in [5, 5.41) is 3.46. The highest BCUT2D eigenvalue weighted by Crippen LogP contribution is 2.11. The van der Waals surface area contributed by atoms with Crippen LogP contribution in [-0.2, 0) is 19.5 Å². The van der Waals surface area contributed by atoms with Gasteiger partial charge in [0.15, 0.2) is 0 Å². The van der Waals surface area contributed by atoms with E-state index in [4.69, 9.17) is 5.73 Å². The van der Waals surface area contributed by atoms with E-state index in [1.54, 1.807) is 0 Å². The van der Waals surface area contributed by atoms with Gasteiger partial charge in [-0.15, -0.1) is 0 Å². The molecule has 2 rings (SSSR count). The van der Waals surface area contributed by atoms with E-state index in [0.717, 1.165) is 24.0 Å². The molecule has 0 saturated carbocycles. The molecule has 3 N–H and O–H groups in total. The lowest BCUT2D eigenvalue weighted by atomic mass is 10.1. The van der Waals surface area contributed by atoms with Gasteiger partial charge in [-0.25, -0.2) is 0 Å². The maximum atomic E-state index is 5.64. The lowest BCUT2D eigenvalue weighted by Gasteiger charge is -2.07. The van der Waals surface area contributed by atoms with Crippen molar-refractivity contribution in [3.63, 3.8) is 0 Å². The van der Waals surface area contributed by atoms with E-state index >= 15 is 0 Å². The van der Waals surface area contributed by atoms with Crippen LogP contribution in [0.25, 0.3) is 0 Å². The van der Waals surface area contributed by atoms with Gasteiger partial charge < -0.3 is 11.1 Å². The topological polar surface area (TPSA) is 38.0 Å². The first-order valence-corrected chi connectivity index (χ1v) is 7.30. The number of hydrogen-bond donors (Lipinski definition) is 2. The fraction of sp³-hybridized carbons (Fsp3) is 0.250. The predicted octanol–water partition coefficient (Wildman–Crippen LogP) is 3.24. The van der Waals surface area contributed by atoms with Crippen molar-refractivity contribution in [2.45, 2.75) is 19.5 Å². The van der Waals surface area contributed by atoms with Crippen LogP contribution in [0.3, 0.4) is 0 Å². The van der Waals surface area contributed by atoms with Gasteiger partial charge in [-0.3, -0.25) is 0 Å². The molecule has 0 aliphatic rings. The highest BCUT2D eigenvalue weighted by atomic mass is 79.9. The van der Waals surface area contributed by atoms with Crippen LogP contribution in [-0.4, -0.2) is 6.54 Å². The third kappa shape index (κ3) is 4.78. The second-order valence-electron chi connectivity index (χ2n) is 4.58. The Labute approximate surface area is 123 Å². The summed E-state index contributed by atoms with van der Waals surface area (Å²) in [4.78, 5) is 0. The van der Waals surface area contributed by atoms with Crippen LogP contribution in [0.15, 0.2) is 53.0 Å². The van der Waals surface area contributed by atoms with Gasteiger partial charge in [0.25, 0.3) is 0 Å². The second-order valence-corrected chi connectivity index (χ2v) is 5.50. The summed E-state index contributed by atoms with van der Waals surface area (Å²) in [6.45, 7) is 2.47. The maximum absolute atomic E-state index is 5.64. The van der Waals surface area contributed by atoms with Gasteiger partial charge in [0, 0.05) is 17.6 Å². The molecule has 2 aromatic rings. The monoisotopic (exact) mass is 318 g/mol. The largest absolute Gasteiger partial charge is 0.326 e. The first kappa shape index (κ1) is 14.3. The first-order valence-electron chi connectivity index (χ1n) is 6.51. The molecule has 19 heavy (non-hydrogen) atoms. The fourth-order valence-electron chi connectivity index (χ4n) is 2.02. The molecule has 0 aliphatic carbocycles. The maximum Gasteiger partial charge on any atom is 0.0205 e. The van der Waals surface area contributed by atoms with E-state index in [0.29, 0.717) is 6.54 Å². The molecule has 0 fully saturated rings. The fourth-order valence-corrected chi connectivity index (χ4v) is 2.47. The minimum Gasteiger partial charge on any atom is -0.326 e. The van der Waals surface area contributed by atoms with Crippen LogP contribution in [0.2, 0.25) is 0 Å². The summed E-state index contributed by atoms with van der Waals surface area (Å²) in [7, 11) is 0. The van der Waals surface area contributed by atoms with Crippen LogP contribution in [0.5, 0.6) is 0 Å². The molecule has 100 valence electrons. The summed E-state index contributed by atoms with van der Waals surface area (Å²) in [6.07, 6.45) is 1.04. The van der Waals surface area contributed by atoms with Crippen LogP contribution in [0.4, 0.5) is 0 Å². The molecule has 0 amide bonds. The molecule has 0 aliphatic heterocycles. The summed E-state index contributed by atoms with van der Waals surface area (Å²) in [6, 6.07) is 16.9. The Morgan fingerprint density at radius 3 is 2.47 bits per heavy atom. The van der Waals surface area contributed by atoms with Gasteiger partial charge in [0.2, 0.25) is 0 Å². The van der Waals surface area contributed by atoms with Gasteiger partial charge in [-0.2, -0.15) is 0 Å². The number of nitrogens with two attached hydrogens (primary N) is 1. The number of nitrogens with one attached hydrogen (secondary N) is 1.